The van der Waals surface area contributed by atoms with Crippen molar-refractivity contribution in [2.24, 2.45) is 0 Å². The summed E-state index contributed by atoms with van der Waals surface area (Å²) in [7, 11) is 0. The fraction of sp³-hybridized carbons (Fsp3) is 0.125. The lowest BCUT2D eigenvalue weighted by molar-refractivity contribution is 0.856. The number of aromatic nitrogens is 3. The van der Waals surface area contributed by atoms with Gasteiger partial charge in [0.15, 0.2) is 5.82 Å². The lowest BCUT2D eigenvalue weighted by Gasteiger charge is -2.25. The molecule has 29 heavy (non-hydrogen) atoms. The van der Waals surface area contributed by atoms with Crippen LogP contribution in [0.15, 0.2) is 91.1 Å². The molecule has 5 nitrogen and oxygen atoms in total. The molecule has 5 heteroatoms. The van der Waals surface area contributed by atoms with Crippen LogP contribution in [-0.2, 0) is 13.0 Å². The molecule has 2 heterocycles. The van der Waals surface area contributed by atoms with Gasteiger partial charge >= 0.3 is 0 Å². The third kappa shape index (κ3) is 3.55. The van der Waals surface area contributed by atoms with Gasteiger partial charge < -0.3 is 9.80 Å². The molecule has 1 aliphatic heterocycles. The summed E-state index contributed by atoms with van der Waals surface area (Å²) >= 11 is 0. The van der Waals surface area contributed by atoms with E-state index in [0.29, 0.717) is 12.5 Å². The van der Waals surface area contributed by atoms with Crippen LogP contribution < -0.4 is 9.80 Å². The van der Waals surface area contributed by atoms with E-state index in [1.807, 2.05) is 24.3 Å². The maximum Gasteiger partial charge on any atom is 0.251 e. The van der Waals surface area contributed by atoms with Crippen molar-refractivity contribution in [2.75, 3.05) is 16.3 Å². The fourth-order valence-electron chi connectivity index (χ4n) is 3.75. The average molecular weight is 379 g/mol. The molecule has 142 valence electrons. The van der Waals surface area contributed by atoms with E-state index in [4.69, 9.17) is 4.98 Å². The van der Waals surface area contributed by atoms with Crippen LogP contribution in [0.4, 0.5) is 23.1 Å². The zero-order valence-corrected chi connectivity index (χ0v) is 16.0. The van der Waals surface area contributed by atoms with Crippen molar-refractivity contribution in [1.29, 1.82) is 0 Å². The van der Waals surface area contributed by atoms with Crippen molar-refractivity contribution in [3.05, 3.63) is 102 Å². The van der Waals surface area contributed by atoms with Gasteiger partial charge in [-0.15, -0.1) is 5.10 Å². The highest BCUT2D eigenvalue weighted by Crippen LogP contribution is 2.33. The third-order valence-electron chi connectivity index (χ3n) is 5.19. The van der Waals surface area contributed by atoms with Gasteiger partial charge in [0.25, 0.3) is 5.95 Å². The average Bonchev–Trinajstić information content (AvgIpc) is 3.23. The summed E-state index contributed by atoms with van der Waals surface area (Å²) in [6.45, 7) is 1.58. The Morgan fingerprint density at radius 3 is 2.38 bits per heavy atom. The standard InChI is InChI=1S/C24H21N5/c1-3-9-19(10-4-1)18-29(21-12-5-2-6-13-21)23-17-25-27-24(26-23)28-16-15-20-11-7-8-14-22(20)28/h1-14,17H,15-16,18H2. The summed E-state index contributed by atoms with van der Waals surface area (Å²) in [6, 6.07) is 29.1. The molecule has 0 atom stereocenters. The summed E-state index contributed by atoms with van der Waals surface area (Å²) in [6.07, 6.45) is 2.73. The van der Waals surface area contributed by atoms with Crippen LogP contribution in [0.1, 0.15) is 11.1 Å². The number of hydrogen-bond acceptors (Lipinski definition) is 5. The minimum Gasteiger partial charge on any atom is -0.321 e. The van der Waals surface area contributed by atoms with Gasteiger partial charge in [0, 0.05) is 24.5 Å². The molecule has 0 saturated heterocycles. The minimum absolute atomic E-state index is 0.640. The van der Waals surface area contributed by atoms with E-state index in [1.54, 1.807) is 6.20 Å². The second kappa shape index (κ2) is 7.72. The Bertz CT molecular complexity index is 1100. The molecule has 0 spiro atoms. The number of nitrogens with zero attached hydrogens (tertiary/aromatic N) is 5. The molecular weight excluding hydrogens is 358 g/mol. The molecule has 0 aliphatic carbocycles. The summed E-state index contributed by atoms with van der Waals surface area (Å²) in [5.41, 5.74) is 4.78. The van der Waals surface area contributed by atoms with E-state index in [1.165, 1.54) is 16.8 Å². The first-order chi connectivity index (χ1) is 14.4. The van der Waals surface area contributed by atoms with Crippen molar-refractivity contribution in [3.8, 4) is 0 Å². The first-order valence-corrected chi connectivity index (χ1v) is 9.80. The Morgan fingerprint density at radius 1 is 0.828 bits per heavy atom. The van der Waals surface area contributed by atoms with Crippen LogP contribution in [0.25, 0.3) is 0 Å². The van der Waals surface area contributed by atoms with Crippen LogP contribution in [-0.4, -0.2) is 21.7 Å². The van der Waals surface area contributed by atoms with Crippen LogP contribution in [0.5, 0.6) is 0 Å². The second-order valence-corrected chi connectivity index (χ2v) is 7.05. The highest BCUT2D eigenvalue weighted by molar-refractivity contribution is 5.67. The van der Waals surface area contributed by atoms with Crippen molar-refractivity contribution in [2.45, 2.75) is 13.0 Å². The molecule has 5 rings (SSSR count). The molecule has 0 fully saturated rings. The molecule has 1 aliphatic rings. The minimum atomic E-state index is 0.640. The van der Waals surface area contributed by atoms with Gasteiger partial charge in [0.2, 0.25) is 0 Å². The molecule has 0 unspecified atom stereocenters. The maximum atomic E-state index is 4.90. The summed E-state index contributed by atoms with van der Waals surface area (Å²) in [4.78, 5) is 9.23. The number of fused-ring (bicyclic) bond motifs is 1. The number of hydrogen-bond donors (Lipinski definition) is 0. The van der Waals surface area contributed by atoms with E-state index in [0.717, 1.165) is 24.5 Å². The molecule has 3 aromatic carbocycles. The fourth-order valence-corrected chi connectivity index (χ4v) is 3.75. The SMILES string of the molecule is c1ccc(CN(c2ccccc2)c2cnnc(N3CCc4ccccc43)n2)cc1. The first-order valence-electron chi connectivity index (χ1n) is 9.80. The summed E-state index contributed by atoms with van der Waals surface area (Å²) in [5.74, 6) is 1.43. The molecule has 0 amide bonds. The molecular formula is C24H21N5. The number of rotatable bonds is 5. The lowest BCUT2D eigenvalue weighted by Crippen LogP contribution is -2.22. The smallest absolute Gasteiger partial charge is 0.251 e. The maximum absolute atomic E-state index is 4.90. The quantitative estimate of drug-likeness (QED) is 0.493. The molecule has 0 radical (unpaired) electrons. The van der Waals surface area contributed by atoms with Gasteiger partial charge in [0.1, 0.15) is 0 Å². The van der Waals surface area contributed by atoms with Crippen LogP contribution in [0.3, 0.4) is 0 Å². The second-order valence-electron chi connectivity index (χ2n) is 7.05. The Labute approximate surface area is 170 Å². The van der Waals surface area contributed by atoms with E-state index in [-0.39, 0.29) is 0 Å². The van der Waals surface area contributed by atoms with Gasteiger partial charge in [-0.2, -0.15) is 10.1 Å². The van der Waals surface area contributed by atoms with Crippen LogP contribution in [0.2, 0.25) is 0 Å². The molecule has 0 bridgehead atoms. The van der Waals surface area contributed by atoms with E-state index >= 15 is 0 Å². The van der Waals surface area contributed by atoms with E-state index in [9.17, 15) is 0 Å². The monoisotopic (exact) mass is 379 g/mol. The topological polar surface area (TPSA) is 45.2 Å². The summed E-state index contributed by atoms with van der Waals surface area (Å²) < 4.78 is 0. The number of benzene rings is 3. The number of anilines is 4. The van der Waals surface area contributed by atoms with Crippen molar-refractivity contribution < 1.29 is 0 Å². The van der Waals surface area contributed by atoms with Gasteiger partial charge in [-0.05, 0) is 35.7 Å². The van der Waals surface area contributed by atoms with E-state index in [2.05, 4.69) is 80.7 Å². The molecule has 1 aromatic heterocycles. The summed E-state index contributed by atoms with van der Waals surface area (Å²) in [5, 5.41) is 8.64. The van der Waals surface area contributed by atoms with Crippen molar-refractivity contribution >= 4 is 23.1 Å². The predicted molar refractivity (Wildman–Crippen MR) is 116 cm³/mol. The van der Waals surface area contributed by atoms with Crippen molar-refractivity contribution in [3.63, 3.8) is 0 Å². The van der Waals surface area contributed by atoms with Gasteiger partial charge in [-0.25, -0.2) is 0 Å². The predicted octanol–water partition coefficient (Wildman–Crippen LogP) is 4.90. The highest BCUT2D eigenvalue weighted by atomic mass is 15.4. The van der Waals surface area contributed by atoms with Crippen molar-refractivity contribution in [1.82, 2.24) is 15.2 Å². The van der Waals surface area contributed by atoms with E-state index < -0.39 is 0 Å². The molecule has 0 saturated carbocycles. The largest absolute Gasteiger partial charge is 0.321 e. The van der Waals surface area contributed by atoms with Gasteiger partial charge in [-0.3, -0.25) is 0 Å². The van der Waals surface area contributed by atoms with Crippen LogP contribution in [0, 0.1) is 0 Å². The Hall–Kier alpha value is -3.73. The zero-order valence-electron chi connectivity index (χ0n) is 16.0. The van der Waals surface area contributed by atoms with Gasteiger partial charge in [-0.1, -0.05) is 66.7 Å². The van der Waals surface area contributed by atoms with Gasteiger partial charge in [0.05, 0.1) is 6.20 Å². The lowest BCUT2D eigenvalue weighted by atomic mass is 10.2. The highest BCUT2D eigenvalue weighted by Gasteiger charge is 2.23. The Kier molecular flexibility index (Phi) is 4.62. The Morgan fingerprint density at radius 2 is 1.55 bits per heavy atom. The molecule has 4 aromatic rings. The zero-order chi connectivity index (χ0) is 19.5. The number of para-hydroxylation sites is 2. The normalized spacial score (nSPS) is 12.6. The first kappa shape index (κ1) is 17.4. The Balaban J connectivity index is 1.53. The third-order valence-corrected chi connectivity index (χ3v) is 5.19. The van der Waals surface area contributed by atoms with Crippen LogP contribution >= 0.6 is 0 Å². The molecule has 0 N–H and O–H groups in total.